The predicted molar refractivity (Wildman–Crippen MR) is 64.1 cm³/mol. The maximum absolute atomic E-state index is 11.7. The lowest BCUT2D eigenvalue weighted by molar-refractivity contribution is -0.137. The van der Waals surface area contributed by atoms with E-state index >= 15 is 0 Å². The van der Waals surface area contributed by atoms with Crippen molar-refractivity contribution in [3.8, 4) is 0 Å². The van der Waals surface area contributed by atoms with Crippen molar-refractivity contribution in [1.29, 1.82) is 0 Å². The Labute approximate surface area is 106 Å². The summed E-state index contributed by atoms with van der Waals surface area (Å²) in [7, 11) is 1.98. The Morgan fingerprint density at radius 2 is 1.72 bits per heavy atom. The molecule has 0 aromatic carbocycles. The van der Waals surface area contributed by atoms with E-state index in [4.69, 9.17) is 5.11 Å². The number of rotatable bonds is 4. The van der Waals surface area contributed by atoms with E-state index in [2.05, 4.69) is 10.2 Å². The van der Waals surface area contributed by atoms with Gasteiger partial charge < -0.3 is 14.9 Å². The lowest BCUT2D eigenvalue weighted by Crippen LogP contribution is -2.51. The van der Waals surface area contributed by atoms with Crippen molar-refractivity contribution in [2.75, 3.05) is 33.2 Å². The first kappa shape index (κ1) is 14.4. The smallest absolute Gasteiger partial charge is 0.324 e. The number of carboxylic acid groups (broad SMARTS) is 1. The summed E-state index contributed by atoms with van der Waals surface area (Å²) in [6.45, 7) is 2.79. The monoisotopic (exact) mass is 257 g/mol. The number of likely N-dealkylation sites (N-methyl/N-ethyl adjacent to an activating group) is 1. The number of imide groups is 1. The van der Waals surface area contributed by atoms with Crippen LogP contribution in [0.5, 0.6) is 0 Å². The van der Waals surface area contributed by atoms with Crippen LogP contribution in [0.4, 0.5) is 4.79 Å². The fourth-order valence-electron chi connectivity index (χ4n) is 1.67. The zero-order valence-electron chi connectivity index (χ0n) is 10.5. The van der Waals surface area contributed by atoms with E-state index in [1.807, 2.05) is 7.05 Å². The average molecular weight is 257 g/mol. The van der Waals surface area contributed by atoms with Gasteiger partial charge in [-0.25, -0.2) is 4.79 Å². The summed E-state index contributed by atoms with van der Waals surface area (Å²) in [4.78, 5) is 37.0. The van der Waals surface area contributed by atoms with E-state index < -0.39 is 11.9 Å². The van der Waals surface area contributed by atoms with Crippen LogP contribution in [0.15, 0.2) is 0 Å². The lowest BCUT2D eigenvalue weighted by Gasteiger charge is -2.32. The zero-order chi connectivity index (χ0) is 13.5. The SMILES string of the molecule is CN1CCN(C(=O)NC(=O)CCCC(=O)O)CC1. The van der Waals surface area contributed by atoms with E-state index in [0.717, 1.165) is 13.1 Å². The standard InChI is InChI=1S/C11H19N3O4/c1-13-5-7-14(8-6-13)11(18)12-9(15)3-2-4-10(16)17/h2-8H2,1H3,(H,16,17)(H,12,15,18). The Hall–Kier alpha value is -1.63. The highest BCUT2D eigenvalue weighted by molar-refractivity contribution is 5.94. The first-order valence-corrected chi connectivity index (χ1v) is 5.98. The molecule has 0 spiro atoms. The fraction of sp³-hybridized carbons (Fsp3) is 0.727. The van der Waals surface area contributed by atoms with Crippen LogP contribution in [0.1, 0.15) is 19.3 Å². The minimum atomic E-state index is -0.937. The van der Waals surface area contributed by atoms with Gasteiger partial charge in [0.2, 0.25) is 5.91 Å². The van der Waals surface area contributed by atoms with Gasteiger partial charge >= 0.3 is 12.0 Å². The van der Waals surface area contributed by atoms with Crippen molar-refractivity contribution >= 4 is 17.9 Å². The molecule has 1 heterocycles. The number of amides is 3. The van der Waals surface area contributed by atoms with Crippen LogP contribution >= 0.6 is 0 Å². The molecule has 1 rings (SSSR count). The summed E-state index contributed by atoms with van der Waals surface area (Å²) in [6, 6.07) is -0.386. The summed E-state index contributed by atoms with van der Waals surface area (Å²) >= 11 is 0. The maximum Gasteiger partial charge on any atom is 0.324 e. The van der Waals surface area contributed by atoms with Gasteiger partial charge in [0.1, 0.15) is 0 Å². The van der Waals surface area contributed by atoms with E-state index in [-0.39, 0.29) is 25.3 Å². The molecule has 7 heteroatoms. The molecule has 0 atom stereocenters. The maximum atomic E-state index is 11.7. The molecule has 1 aliphatic heterocycles. The molecule has 3 amide bonds. The molecular weight excluding hydrogens is 238 g/mol. The predicted octanol–water partition coefficient (Wildman–Crippen LogP) is -0.275. The number of carboxylic acids is 1. The van der Waals surface area contributed by atoms with Gasteiger partial charge in [0.05, 0.1) is 0 Å². The molecule has 18 heavy (non-hydrogen) atoms. The van der Waals surface area contributed by atoms with Gasteiger partial charge in [-0.05, 0) is 13.5 Å². The number of nitrogens with one attached hydrogen (secondary N) is 1. The second-order valence-electron chi connectivity index (χ2n) is 4.39. The molecule has 0 bridgehead atoms. The average Bonchev–Trinajstić information content (AvgIpc) is 2.29. The van der Waals surface area contributed by atoms with E-state index in [9.17, 15) is 14.4 Å². The third-order valence-electron chi connectivity index (χ3n) is 2.83. The van der Waals surface area contributed by atoms with Crippen LogP contribution < -0.4 is 5.32 Å². The Kier molecular flexibility index (Phi) is 5.57. The fourth-order valence-corrected chi connectivity index (χ4v) is 1.67. The third-order valence-corrected chi connectivity index (χ3v) is 2.83. The third kappa shape index (κ3) is 5.13. The first-order chi connectivity index (χ1) is 8.49. The van der Waals surface area contributed by atoms with Crippen molar-refractivity contribution in [3.63, 3.8) is 0 Å². The Morgan fingerprint density at radius 1 is 1.11 bits per heavy atom. The van der Waals surface area contributed by atoms with Crippen molar-refractivity contribution in [2.45, 2.75) is 19.3 Å². The van der Waals surface area contributed by atoms with E-state index in [0.29, 0.717) is 13.1 Å². The molecule has 0 radical (unpaired) electrons. The van der Waals surface area contributed by atoms with Gasteiger partial charge in [-0.3, -0.25) is 14.9 Å². The van der Waals surface area contributed by atoms with Crippen molar-refractivity contribution in [2.24, 2.45) is 0 Å². The molecular formula is C11H19N3O4. The van der Waals surface area contributed by atoms with E-state index in [1.54, 1.807) is 4.90 Å². The van der Waals surface area contributed by atoms with E-state index in [1.165, 1.54) is 0 Å². The highest BCUT2D eigenvalue weighted by Gasteiger charge is 2.20. The van der Waals surface area contributed by atoms with Gasteiger partial charge in [0.25, 0.3) is 0 Å². The molecule has 2 N–H and O–H groups in total. The van der Waals surface area contributed by atoms with Crippen LogP contribution in [0, 0.1) is 0 Å². The molecule has 0 saturated carbocycles. The molecule has 0 aliphatic carbocycles. The second-order valence-corrected chi connectivity index (χ2v) is 4.39. The van der Waals surface area contributed by atoms with Crippen molar-refractivity contribution < 1.29 is 19.5 Å². The Balaban J connectivity index is 2.22. The van der Waals surface area contributed by atoms with Gasteiger partial charge in [-0.15, -0.1) is 0 Å². The summed E-state index contributed by atoms with van der Waals surface area (Å²) in [5.41, 5.74) is 0. The molecule has 7 nitrogen and oxygen atoms in total. The number of carbonyl (C=O) groups is 3. The minimum absolute atomic E-state index is 0.0594. The second kappa shape index (κ2) is 6.95. The largest absolute Gasteiger partial charge is 0.481 e. The molecule has 0 aromatic rings. The molecule has 1 aliphatic rings. The number of aliphatic carboxylic acids is 1. The molecule has 0 aromatic heterocycles. The number of hydrogen-bond acceptors (Lipinski definition) is 4. The van der Waals surface area contributed by atoms with Gasteiger partial charge in [0.15, 0.2) is 0 Å². The van der Waals surface area contributed by atoms with Gasteiger partial charge in [-0.1, -0.05) is 0 Å². The number of nitrogens with zero attached hydrogens (tertiary/aromatic N) is 2. The highest BCUT2D eigenvalue weighted by Crippen LogP contribution is 2.00. The van der Waals surface area contributed by atoms with Gasteiger partial charge in [0, 0.05) is 39.0 Å². The van der Waals surface area contributed by atoms with Crippen molar-refractivity contribution in [3.05, 3.63) is 0 Å². The topological polar surface area (TPSA) is 90.0 Å². The quantitative estimate of drug-likeness (QED) is 0.723. The molecule has 102 valence electrons. The zero-order valence-corrected chi connectivity index (χ0v) is 10.5. The normalized spacial score (nSPS) is 16.4. The number of piperazine rings is 1. The summed E-state index contributed by atoms with van der Waals surface area (Å²) in [6.07, 6.45) is 0.249. The number of urea groups is 1. The van der Waals surface area contributed by atoms with Crippen LogP contribution in [0.2, 0.25) is 0 Å². The summed E-state index contributed by atoms with van der Waals surface area (Å²) in [5, 5.41) is 10.7. The number of carbonyl (C=O) groups excluding carboxylic acids is 2. The Bertz CT molecular complexity index is 324. The number of hydrogen-bond donors (Lipinski definition) is 2. The lowest BCUT2D eigenvalue weighted by atomic mass is 10.2. The van der Waals surface area contributed by atoms with Crippen LogP contribution in [0.25, 0.3) is 0 Å². The van der Waals surface area contributed by atoms with Crippen LogP contribution in [-0.4, -0.2) is 66.0 Å². The molecule has 1 fully saturated rings. The van der Waals surface area contributed by atoms with Gasteiger partial charge in [-0.2, -0.15) is 0 Å². The molecule has 0 unspecified atom stereocenters. The summed E-state index contributed by atoms with van der Waals surface area (Å²) < 4.78 is 0. The van der Waals surface area contributed by atoms with Crippen LogP contribution in [-0.2, 0) is 9.59 Å². The first-order valence-electron chi connectivity index (χ1n) is 5.98. The molecule has 1 saturated heterocycles. The van der Waals surface area contributed by atoms with Crippen molar-refractivity contribution in [1.82, 2.24) is 15.1 Å². The van der Waals surface area contributed by atoms with Crippen LogP contribution in [0.3, 0.4) is 0 Å². The highest BCUT2D eigenvalue weighted by atomic mass is 16.4. The Morgan fingerprint density at radius 3 is 2.28 bits per heavy atom. The summed E-state index contributed by atoms with van der Waals surface area (Å²) in [5.74, 6) is -1.35. The minimum Gasteiger partial charge on any atom is -0.481 e.